The Morgan fingerprint density at radius 1 is 1.33 bits per heavy atom. The summed E-state index contributed by atoms with van der Waals surface area (Å²) in [5.41, 5.74) is 9.06. The third-order valence-corrected chi connectivity index (χ3v) is 2.16. The first-order valence-electron chi connectivity index (χ1n) is 6.62. The van der Waals surface area contributed by atoms with Crippen molar-refractivity contribution in [3.05, 3.63) is 34.9 Å². The van der Waals surface area contributed by atoms with Crippen LogP contribution >= 0.6 is 12.2 Å². The van der Waals surface area contributed by atoms with Gasteiger partial charge in [-0.3, -0.25) is 0 Å². The van der Waals surface area contributed by atoms with Crippen LogP contribution in [0, 0.1) is 5.92 Å². The van der Waals surface area contributed by atoms with Gasteiger partial charge in [0.15, 0.2) is 0 Å². The molecule has 104 valence electrons. The molecule has 0 amide bonds. The van der Waals surface area contributed by atoms with E-state index in [9.17, 15) is 0 Å². The van der Waals surface area contributed by atoms with E-state index in [0.29, 0.717) is 10.9 Å². The lowest BCUT2D eigenvalue weighted by Gasteiger charge is -2.14. The molecule has 0 aromatic rings. The highest BCUT2D eigenvalue weighted by Gasteiger charge is 2.06. The van der Waals surface area contributed by atoms with E-state index < -0.39 is 0 Å². The zero-order valence-corrected chi connectivity index (χ0v) is 13.8. The molecule has 0 aromatic carbocycles. The minimum atomic E-state index is 0.500. The first kappa shape index (κ1) is 19.4. The first-order chi connectivity index (χ1) is 8.32. The van der Waals surface area contributed by atoms with E-state index in [-0.39, 0.29) is 0 Å². The molecule has 1 nitrogen and oxygen atoms in total. The van der Waals surface area contributed by atoms with Crippen molar-refractivity contribution < 1.29 is 0 Å². The molecule has 0 fully saturated rings. The van der Waals surface area contributed by atoms with Crippen molar-refractivity contribution in [1.82, 2.24) is 0 Å². The smallest absolute Gasteiger partial charge is 0.0695 e. The minimum absolute atomic E-state index is 0.500. The summed E-state index contributed by atoms with van der Waals surface area (Å²) < 4.78 is 0. The van der Waals surface area contributed by atoms with Crippen LogP contribution in [0.3, 0.4) is 0 Å². The first-order valence-corrected chi connectivity index (χ1v) is 7.03. The van der Waals surface area contributed by atoms with Crippen LogP contribution in [-0.2, 0) is 0 Å². The standard InChI is InChI=1S/C12H18.C2H5NS.C2H6/c1-9(2)7-12-8-10(3)5-6-11(12)4;1-2(3)4;1-2/h6-8,10H,5H2,1-4H3;1H3,(H2,3,4);1-2H3. The van der Waals surface area contributed by atoms with Gasteiger partial charge in [-0.15, -0.1) is 0 Å². The van der Waals surface area contributed by atoms with Crippen molar-refractivity contribution in [3.63, 3.8) is 0 Å². The molecule has 0 aliphatic heterocycles. The van der Waals surface area contributed by atoms with E-state index in [1.807, 2.05) is 13.8 Å². The van der Waals surface area contributed by atoms with Gasteiger partial charge >= 0.3 is 0 Å². The van der Waals surface area contributed by atoms with Crippen molar-refractivity contribution in [2.45, 2.75) is 54.9 Å². The lowest BCUT2D eigenvalue weighted by atomic mass is 9.91. The second kappa shape index (κ2) is 11.2. The molecule has 0 heterocycles. The van der Waals surface area contributed by atoms with E-state index in [2.05, 4.69) is 58.1 Å². The number of hydrogen-bond acceptors (Lipinski definition) is 1. The van der Waals surface area contributed by atoms with E-state index >= 15 is 0 Å². The second-order valence-corrected chi connectivity index (χ2v) is 5.20. The van der Waals surface area contributed by atoms with Crippen LogP contribution in [0.2, 0.25) is 0 Å². The molecule has 1 aliphatic rings. The molecule has 1 atom stereocenters. The number of rotatable bonds is 1. The van der Waals surface area contributed by atoms with Gasteiger partial charge in [0.25, 0.3) is 0 Å². The van der Waals surface area contributed by atoms with Crippen molar-refractivity contribution in [2.75, 3.05) is 0 Å². The Balaban J connectivity index is 0. The van der Waals surface area contributed by atoms with Gasteiger partial charge < -0.3 is 5.73 Å². The molecule has 2 N–H and O–H groups in total. The Hall–Kier alpha value is -0.890. The average Bonchev–Trinajstić information content (AvgIpc) is 2.25. The van der Waals surface area contributed by atoms with Crippen LogP contribution in [0.25, 0.3) is 0 Å². The fourth-order valence-electron chi connectivity index (χ4n) is 1.46. The Bertz CT molecular complexity index is 327. The summed E-state index contributed by atoms with van der Waals surface area (Å²) in [5.74, 6) is 0.708. The molecule has 0 radical (unpaired) electrons. The van der Waals surface area contributed by atoms with Crippen LogP contribution in [0.5, 0.6) is 0 Å². The van der Waals surface area contributed by atoms with Crippen molar-refractivity contribution >= 4 is 17.2 Å². The molecule has 0 aromatic heterocycles. The van der Waals surface area contributed by atoms with Crippen LogP contribution in [0.15, 0.2) is 34.9 Å². The summed E-state index contributed by atoms with van der Waals surface area (Å²) in [6.07, 6.45) is 8.16. The van der Waals surface area contributed by atoms with Gasteiger partial charge in [0.2, 0.25) is 0 Å². The fraction of sp³-hybridized carbons (Fsp3) is 0.562. The zero-order chi connectivity index (χ0) is 14.7. The highest BCUT2D eigenvalue weighted by Crippen LogP contribution is 2.23. The minimum Gasteiger partial charge on any atom is -0.394 e. The lowest BCUT2D eigenvalue weighted by molar-refractivity contribution is 0.725. The molecule has 18 heavy (non-hydrogen) atoms. The summed E-state index contributed by atoms with van der Waals surface area (Å²) in [4.78, 5) is 0.500. The predicted molar refractivity (Wildman–Crippen MR) is 88.9 cm³/mol. The van der Waals surface area contributed by atoms with Crippen molar-refractivity contribution in [1.29, 1.82) is 0 Å². The van der Waals surface area contributed by atoms with Crippen molar-refractivity contribution in [3.8, 4) is 0 Å². The van der Waals surface area contributed by atoms with Crippen LogP contribution in [-0.4, -0.2) is 4.99 Å². The SMILES string of the molecule is CC.CC(C)=CC1=CC(C)CC=C1C.CC(N)=S. The topological polar surface area (TPSA) is 26.0 Å². The number of hydrogen-bond donors (Lipinski definition) is 1. The average molecular weight is 267 g/mol. The molecule has 0 spiro atoms. The van der Waals surface area contributed by atoms with E-state index in [1.165, 1.54) is 23.1 Å². The van der Waals surface area contributed by atoms with Gasteiger partial charge in [0.1, 0.15) is 0 Å². The third-order valence-electron chi connectivity index (χ3n) is 2.16. The van der Waals surface area contributed by atoms with E-state index in [4.69, 9.17) is 5.73 Å². The van der Waals surface area contributed by atoms with Gasteiger partial charge in [-0.05, 0) is 51.2 Å². The monoisotopic (exact) mass is 267 g/mol. The van der Waals surface area contributed by atoms with Gasteiger partial charge in [-0.1, -0.05) is 56.8 Å². The second-order valence-electron chi connectivity index (χ2n) is 4.55. The van der Waals surface area contributed by atoms with Crippen LogP contribution in [0.1, 0.15) is 54.9 Å². The van der Waals surface area contributed by atoms with Gasteiger partial charge in [0.05, 0.1) is 4.99 Å². The highest BCUT2D eigenvalue weighted by atomic mass is 32.1. The number of allylic oxidation sites excluding steroid dienone is 6. The molecule has 1 rings (SSSR count). The number of nitrogens with two attached hydrogens (primary N) is 1. The summed E-state index contributed by atoms with van der Waals surface area (Å²) in [6, 6.07) is 0. The quantitative estimate of drug-likeness (QED) is 0.662. The van der Waals surface area contributed by atoms with E-state index in [1.54, 1.807) is 6.92 Å². The molecule has 2 heteroatoms. The normalized spacial score (nSPS) is 16.9. The molecule has 1 aliphatic carbocycles. The molecular formula is C16H29NS. The predicted octanol–water partition coefficient (Wildman–Crippen LogP) is 5.18. The maximum absolute atomic E-state index is 4.84. The summed E-state index contributed by atoms with van der Waals surface area (Å²) in [6.45, 7) is 14.4. The molecule has 0 saturated carbocycles. The molecular weight excluding hydrogens is 238 g/mol. The summed E-state index contributed by atoms with van der Waals surface area (Å²) in [7, 11) is 0. The molecule has 1 unspecified atom stereocenters. The maximum atomic E-state index is 4.84. The maximum Gasteiger partial charge on any atom is 0.0695 e. The van der Waals surface area contributed by atoms with Crippen LogP contribution in [0.4, 0.5) is 0 Å². The Labute approximate surface area is 119 Å². The van der Waals surface area contributed by atoms with Gasteiger partial charge in [-0.25, -0.2) is 0 Å². The zero-order valence-electron chi connectivity index (χ0n) is 13.0. The number of thiocarbonyl (C=S) groups is 1. The van der Waals surface area contributed by atoms with Crippen LogP contribution < -0.4 is 5.73 Å². The Kier molecular flexibility index (Phi) is 12.1. The van der Waals surface area contributed by atoms with Crippen molar-refractivity contribution in [2.24, 2.45) is 11.7 Å². The fourth-order valence-corrected chi connectivity index (χ4v) is 1.46. The summed E-state index contributed by atoms with van der Waals surface area (Å²) in [5, 5.41) is 0. The largest absolute Gasteiger partial charge is 0.394 e. The van der Waals surface area contributed by atoms with E-state index in [0.717, 1.165) is 0 Å². The Morgan fingerprint density at radius 2 is 1.78 bits per heavy atom. The highest BCUT2D eigenvalue weighted by molar-refractivity contribution is 7.80. The molecule has 0 bridgehead atoms. The van der Waals surface area contributed by atoms with Gasteiger partial charge in [0, 0.05) is 0 Å². The Morgan fingerprint density at radius 3 is 2.17 bits per heavy atom. The lowest BCUT2D eigenvalue weighted by Crippen LogP contribution is -1.98. The molecule has 0 saturated heterocycles. The third kappa shape index (κ3) is 11.6. The summed E-state index contributed by atoms with van der Waals surface area (Å²) >= 11 is 4.31. The van der Waals surface area contributed by atoms with Gasteiger partial charge in [-0.2, -0.15) is 0 Å².